The zero-order valence-corrected chi connectivity index (χ0v) is 30.5. The van der Waals surface area contributed by atoms with Gasteiger partial charge >= 0.3 is 12.1 Å². The van der Waals surface area contributed by atoms with Crippen molar-refractivity contribution in [2.75, 3.05) is 75.9 Å². The second-order valence-electron chi connectivity index (χ2n) is 14.9. The normalized spacial score (nSPS) is 18.9. The molecule has 0 aliphatic carbocycles. The minimum Gasteiger partial charge on any atom is -0.477 e. The highest BCUT2D eigenvalue weighted by Crippen LogP contribution is 2.33. The number of aromatic nitrogens is 3. The van der Waals surface area contributed by atoms with Gasteiger partial charge in [0.25, 0.3) is 0 Å². The number of nitrogens with one attached hydrogen (secondary N) is 1. The summed E-state index contributed by atoms with van der Waals surface area (Å²) in [5, 5.41) is 8.24. The van der Waals surface area contributed by atoms with Crippen LogP contribution in [0.25, 0.3) is 5.69 Å². The number of rotatable bonds is 10. The fourth-order valence-corrected chi connectivity index (χ4v) is 7.27. The Morgan fingerprint density at radius 3 is 2.52 bits per heavy atom. The van der Waals surface area contributed by atoms with E-state index in [0.29, 0.717) is 37.2 Å². The van der Waals surface area contributed by atoms with Gasteiger partial charge in [-0.15, -0.1) is 0 Å². The van der Waals surface area contributed by atoms with E-state index in [9.17, 15) is 9.59 Å². The molecule has 0 bridgehead atoms. The number of fused-ring (bicyclic) bond motifs is 1. The molecule has 12 heteroatoms. The second-order valence-corrected chi connectivity index (χ2v) is 14.9. The van der Waals surface area contributed by atoms with Crippen LogP contribution in [0.1, 0.15) is 68.5 Å². The van der Waals surface area contributed by atoms with Crippen molar-refractivity contribution < 1.29 is 23.8 Å². The summed E-state index contributed by atoms with van der Waals surface area (Å²) in [6.07, 6.45) is 2.64. The largest absolute Gasteiger partial charge is 0.477 e. The van der Waals surface area contributed by atoms with Crippen molar-refractivity contribution in [3.63, 3.8) is 0 Å². The predicted octanol–water partition coefficient (Wildman–Crippen LogP) is 5.03. The Bertz CT molecular complexity index is 1660. The first-order valence-electron chi connectivity index (χ1n) is 18.0. The first-order chi connectivity index (χ1) is 24.0. The van der Waals surface area contributed by atoms with E-state index < -0.39 is 5.60 Å². The molecule has 0 unspecified atom stereocenters. The quantitative estimate of drug-likeness (QED) is 0.291. The minimum atomic E-state index is -0.582. The van der Waals surface area contributed by atoms with Crippen molar-refractivity contribution >= 4 is 23.6 Å². The van der Waals surface area contributed by atoms with Gasteiger partial charge in [-0.1, -0.05) is 0 Å². The predicted molar refractivity (Wildman–Crippen MR) is 194 cm³/mol. The molecule has 3 aromatic rings. The Morgan fingerprint density at radius 2 is 1.80 bits per heavy atom. The summed E-state index contributed by atoms with van der Waals surface area (Å²) in [5.41, 5.74) is 5.76. The highest BCUT2D eigenvalue weighted by Gasteiger charge is 2.31. The van der Waals surface area contributed by atoms with Crippen molar-refractivity contribution in [1.29, 1.82) is 0 Å². The number of carbonyl (C=O) groups excluding carboxylic acids is 2. The Balaban J connectivity index is 1.16. The van der Waals surface area contributed by atoms with Crippen LogP contribution in [0.5, 0.6) is 5.88 Å². The zero-order valence-electron chi connectivity index (χ0n) is 30.5. The molecule has 1 N–H and O–H groups in total. The van der Waals surface area contributed by atoms with E-state index in [1.807, 2.05) is 44.5 Å². The molecule has 2 fully saturated rings. The average molecular weight is 688 g/mol. The van der Waals surface area contributed by atoms with Crippen LogP contribution in [0, 0.1) is 19.8 Å². The zero-order chi connectivity index (χ0) is 35.4. The maximum atomic E-state index is 13.0. The molecule has 0 saturated carbocycles. The van der Waals surface area contributed by atoms with Crippen LogP contribution in [0.2, 0.25) is 0 Å². The molecule has 12 nitrogen and oxygen atoms in total. The van der Waals surface area contributed by atoms with Gasteiger partial charge in [-0.25, -0.2) is 9.48 Å². The van der Waals surface area contributed by atoms with E-state index in [-0.39, 0.29) is 18.0 Å². The van der Waals surface area contributed by atoms with Gasteiger partial charge in [0.2, 0.25) is 5.88 Å². The number of hydrogen-bond acceptors (Lipinski definition) is 10. The smallest absolute Gasteiger partial charge is 0.416 e. The standard InChI is InChI=1S/C38H53N7O5/c1-26-18-27(2)45(41-26)33-20-30(19-32(22-33)43-16-12-39-13-17-43)31(21-35(46)48-6)24-42-15-11-28(23-42)25-49-34-10-9-29-8-7-14-44(36(29)40-34)37(47)50-38(3,4)5/h9-10,18-20,22,28,31,39H,7-8,11-17,21,23-25H2,1-6H3/t28-,31-/m1/s1. The third-order valence-electron chi connectivity index (χ3n) is 9.72. The van der Waals surface area contributed by atoms with Gasteiger partial charge in [-0.3, -0.25) is 9.69 Å². The number of benzene rings is 1. The molecular weight excluding hydrogens is 634 g/mol. The molecule has 6 rings (SSSR count). The Kier molecular flexibility index (Phi) is 11.0. The number of ether oxygens (including phenoxy) is 3. The van der Waals surface area contributed by atoms with E-state index >= 15 is 0 Å². The molecule has 3 aliphatic rings. The number of likely N-dealkylation sites (tertiary alicyclic amines) is 1. The SMILES string of the molecule is COC(=O)C[C@H](CN1CC[C@@H](COc2ccc3c(n2)N(C(=O)OC(C)(C)C)CCC3)C1)c1cc(N2CCNCC2)cc(-n2nc(C)cc2C)c1. The second kappa shape index (κ2) is 15.4. The Morgan fingerprint density at radius 1 is 1.02 bits per heavy atom. The molecule has 2 aromatic heterocycles. The molecule has 1 aromatic carbocycles. The topological polar surface area (TPSA) is 114 Å². The summed E-state index contributed by atoms with van der Waals surface area (Å²) < 4.78 is 19.1. The summed E-state index contributed by atoms with van der Waals surface area (Å²) in [4.78, 5) is 37.0. The van der Waals surface area contributed by atoms with Gasteiger partial charge in [-0.05, 0) is 102 Å². The van der Waals surface area contributed by atoms with E-state index in [1.54, 1.807) is 4.90 Å². The van der Waals surface area contributed by atoms with Gasteiger partial charge in [0, 0.05) is 75.1 Å². The number of pyridine rings is 1. The lowest BCUT2D eigenvalue weighted by Gasteiger charge is -2.31. The number of esters is 1. The lowest BCUT2D eigenvalue weighted by Crippen LogP contribution is -2.43. The number of amides is 1. The molecule has 0 spiro atoms. The third-order valence-corrected chi connectivity index (χ3v) is 9.72. The van der Waals surface area contributed by atoms with E-state index in [2.05, 4.69) is 46.3 Å². The fourth-order valence-electron chi connectivity index (χ4n) is 7.27. The monoisotopic (exact) mass is 687 g/mol. The fraction of sp³-hybridized carbons (Fsp3) is 0.579. The van der Waals surface area contributed by atoms with Gasteiger partial charge in [-0.2, -0.15) is 10.1 Å². The number of nitrogens with zero attached hydrogens (tertiary/aromatic N) is 6. The van der Waals surface area contributed by atoms with Crippen LogP contribution < -0.4 is 19.9 Å². The summed E-state index contributed by atoms with van der Waals surface area (Å²) in [5.74, 6) is 1.19. The summed E-state index contributed by atoms with van der Waals surface area (Å²) in [7, 11) is 1.46. The minimum absolute atomic E-state index is 0.0538. The Labute approximate surface area is 296 Å². The van der Waals surface area contributed by atoms with Crippen LogP contribution in [0.3, 0.4) is 0 Å². The molecule has 50 heavy (non-hydrogen) atoms. The molecule has 2 saturated heterocycles. The number of methoxy groups -OCH3 is 1. The van der Waals surface area contributed by atoms with E-state index in [4.69, 9.17) is 24.3 Å². The molecule has 3 aliphatic heterocycles. The van der Waals surface area contributed by atoms with Gasteiger partial charge in [0.1, 0.15) is 11.4 Å². The lowest BCUT2D eigenvalue weighted by molar-refractivity contribution is -0.141. The maximum Gasteiger partial charge on any atom is 0.416 e. The first-order valence-corrected chi connectivity index (χ1v) is 18.0. The van der Waals surface area contributed by atoms with Crippen LogP contribution >= 0.6 is 0 Å². The average Bonchev–Trinajstić information content (AvgIpc) is 3.70. The third kappa shape index (κ3) is 8.76. The van der Waals surface area contributed by atoms with Gasteiger partial charge in [0.15, 0.2) is 0 Å². The molecular formula is C38H53N7O5. The molecule has 270 valence electrons. The van der Waals surface area contributed by atoms with Crippen LogP contribution in [-0.2, 0) is 20.7 Å². The lowest BCUT2D eigenvalue weighted by atomic mass is 9.93. The van der Waals surface area contributed by atoms with Gasteiger partial charge in [0.05, 0.1) is 31.5 Å². The van der Waals surface area contributed by atoms with Gasteiger partial charge < -0.3 is 29.3 Å². The summed E-state index contributed by atoms with van der Waals surface area (Å²) in [6.45, 7) is 17.0. The Hall–Kier alpha value is -4.16. The van der Waals surface area contributed by atoms with Crippen molar-refractivity contribution in [1.82, 2.24) is 25.0 Å². The number of hydrogen-bond donors (Lipinski definition) is 1. The highest BCUT2D eigenvalue weighted by atomic mass is 16.6. The number of anilines is 2. The van der Waals surface area contributed by atoms with Crippen molar-refractivity contribution in [2.45, 2.75) is 71.8 Å². The van der Waals surface area contributed by atoms with Crippen LogP contribution in [0.4, 0.5) is 16.3 Å². The highest BCUT2D eigenvalue weighted by molar-refractivity contribution is 5.88. The van der Waals surface area contributed by atoms with Crippen LogP contribution in [-0.4, -0.2) is 103 Å². The van der Waals surface area contributed by atoms with E-state index in [0.717, 1.165) is 99.0 Å². The molecule has 1 amide bonds. The number of aryl methyl sites for hydroxylation is 3. The van der Waals surface area contributed by atoms with Crippen molar-refractivity contribution in [3.8, 4) is 11.6 Å². The summed E-state index contributed by atoms with van der Waals surface area (Å²) >= 11 is 0. The number of piperazine rings is 1. The maximum absolute atomic E-state index is 13.0. The summed E-state index contributed by atoms with van der Waals surface area (Å²) in [6, 6.07) is 12.7. The first kappa shape index (κ1) is 35.7. The van der Waals surface area contributed by atoms with Crippen LogP contribution in [0.15, 0.2) is 36.4 Å². The van der Waals surface area contributed by atoms with Crippen molar-refractivity contribution in [2.24, 2.45) is 5.92 Å². The van der Waals surface area contributed by atoms with E-state index in [1.165, 1.54) is 7.11 Å². The molecule has 2 atom stereocenters. The van der Waals surface area contributed by atoms with Crippen molar-refractivity contribution in [3.05, 3.63) is 58.9 Å². The number of carbonyl (C=O) groups is 2. The molecule has 5 heterocycles. The molecule has 0 radical (unpaired) electrons.